The Balaban J connectivity index is 1.66. The van der Waals surface area contributed by atoms with Gasteiger partial charge in [0.25, 0.3) is 11.5 Å². The molecule has 0 aliphatic carbocycles. The summed E-state index contributed by atoms with van der Waals surface area (Å²) in [4.78, 5) is 30.5. The Morgan fingerprint density at radius 3 is 2.72 bits per heavy atom. The Bertz CT molecular complexity index is 1090. The average molecular weight is 411 g/mol. The van der Waals surface area contributed by atoms with E-state index in [0.29, 0.717) is 29.3 Å². The van der Waals surface area contributed by atoms with E-state index >= 15 is 0 Å². The van der Waals surface area contributed by atoms with Gasteiger partial charge in [0.1, 0.15) is 0 Å². The van der Waals surface area contributed by atoms with Crippen molar-refractivity contribution >= 4 is 28.4 Å². The number of aromatic amines is 1. The van der Waals surface area contributed by atoms with E-state index in [1.807, 2.05) is 31.2 Å². The molecule has 150 valence electrons. The third-order valence-corrected chi connectivity index (χ3v) is 5.52. The van der Waals surface area contributed by atoms with Crippen LogP contribution in [0.4, 0.5) is 0 Å². The highest BCUT2D eigenvalue weighted by Gasteiger charge is 2.24. The number of amides is 1. The molecule has 1 atom stereocenters. The highest BCUT2D eigenvalue weighted by Crippen LogP contribution is 2.19. The van der Waals surface area contributed by atoms with Crippen molar-refractivity contribution in [3.05, 3.63) is 80.6 Å². The second-order valence-corrected chi connectivity index (χ2v) is 7.98. The smallest absolute Gasteiger partial charge is 0.254 e. The molecule has 6 heteroatoms. The van der Waals surface area contributed by atoms with Crippen LogP contribution >= 0.6 is 11.6 Å². The first-order valence-electron chi connectivity index (χ1n) is 9.78. The van der Waals surface area contributed by atoms with Crippen LogP contribution in [-0.2, 0) is 11.3 Å². The van der Waals surface area contributed by atoms with Crippen LogP contribution in [0.15, 0.2) is 53.3 Å². The minimum atomic E-state index is -0.178. The number of rotatable bonds is 5. The van der Waals surface area contributed by atoms with Crippen LogP contribution in [0.1, 0.15) is 34.3 Å². The Hall–Kier alpha value is -2.63. The molecule has 1 amide bonds. The lowest BCUT2D eigenvalue weighted by Gasteiger charge is -2.25. The van der Waals surface area contributed by atoms with Crippen molar-refractivity contribution < 1.29 is 9.53 Å². The van der Waals surface area contributed by atoms with Crippen molar-refractivity contribution in [1.29, 1.82) is 0 Å². The van der Waals surface area contributed by atoms with Gasteiger partial charge in [0.2, 0.25) is 0 Å². The predicted molar refractivity (Wildman–Crippen MR) is 114 cm³/mol. The molecule has 1 N–H and O–H groups in total. The molecular formula is C23H23ClN2O3. The molecule has 2 aromatic carbocycles. The maximum atomic E-state index is 13.2. The van der Waals surface area contributed by atoms with Gasteiger partial charge in [0, 0.05) is 34.8 Å². The average Bonchev–Trinajstić information content (AvgIpc) is 3.21. The Labute approximate surface area is 174 Å². The first-order chi connectivity index (χ1) is 14.0. The summed E-state index contributed by atoms with van der Waals surface area (Å²) in [7, 11) is 0. The number of hydrogen-bond acceptors (Lipinski definition) is 3. The molecule has 1 aromatic heterocycles. The molecular weight excluding hydrogens is 388 g/mol. The molecule has 0 unspecified atom stereocenters. The summed E-state index contributed by atoms with van der Waals surface area (Å²) in [6.07, 6.45) is 1.90. The summed E-state index contributed by atoms with van der Waals surface area (Å²) in [5.41, 5.74) is 2.83. The molecule has 5 nitrogen and oxygen atoms in total. The van der Waals surface area contributed by atoms with Gasteiger partial charge in [-0.1, -0.05) is 23.2 Å². The van der Waals surface area contributed by atoms with Gasteiger partial charge in [-0.25, -0.2) is 0 Å². The van der Waals surface area contributed by atoms with E-state index in [1.165, 1.54) is 0 Å². The van der Waals surface area contributed by atoms with Gasteiger partial charge in [-0.2, -0.15) is 0 Å². The highest BCUT2D eigenvalue weighted by atomic mass is 35.5. The maximum Gasteiger partial charge on any atom is 0.254 e. The summed E-state index contributed by atoms with van der Waals surface area (Å²) in [6.45, 7) is 3.40. The summed E-state index contributed by atoms with van der Waals surface area (Å²) in [6, 6.07) is 14.6. The van der Waals surface area contributed by atoms with E-state index in [1.54, 1.807) is 29.2 Å². The van der Waals surface area contributed by atoms with Gasteiger partial charge in [0.05, 0.1) is 12.6 Å². The standard InChI is InChI=1S/C23H23ClN2O3/c1-15-4-9-21-17(11-15)12-18(22(27)25-21)13-26(14-20-3-2-10-29-20)23(28)16-5-7-19(24)8-6-16/h4-9,11-12,20H,2-3,10,13-14H2,1H3,(H,25,27)/t20-/m0/s1. The lowest BCUT2D eigenvalue weighted by Crippen LogP contribution is -2.38. The zero-order valence-electron chi connectivity index (χ0n) is 16.3. The van der Waals surface area contributed by atoms with Crippen LogP contribution in [0, 0.1) is 6.92 Å². The second-order valence-electron chi connectivity index (χ2n) is 7.54. The topological polar surface area (TPSA) is 62.4 Å². The maximum absolute atomic E-state index is 13.2. The molecule has 4 rings (SSSR count). The largest absolute Gasteiger partial charge is 0.376 e. The number of benzene rings is 2. The first kappa shape index (κ1) is 19.7. The van der Waals surface area contributed by atoms with Gasteiger partial charge in [-0.3, -0.25) is 9.59 Å². The van der Waals surface area contributed by atoms with Crippen molar-refractivity contribution in [3.8, 4) is 0 Å². The van der Waals surface area contributed by atoms with Gasteiger partial charge in [0.15, 0.2) is 0 Å². The molecule has 1 saturated heterocycles. The Morgan fingerprint density at radius 2 is 2.00 bits per heavy atom. The van der Waals surface area contributed by atoms with E-state index in [2.05, 4.69) is 4.98 Å². The minimum absolute atomic E-state index is 0.00645. The third-order valence-electron chi connectivity index (χ3n) is 5.26. The molecule has 29 heavy (non-hydrogen) atoms. The van der Waals surface area contributed by atoms with Gasteiger partial charge in [-0.15, -0.1) is 0 Å². The number of nitrogens with one attached hydrogen (secondary N) is 1. The van der Waals surface area contributed by atoms with Crippen LogP contribution in [-0.4, -0.2) is 35.0 Å². The zero-order chi connectivity index (χ0) is 20.4. The van der Waals surface area contributed by atoms with E-state index in [9.17, 15) is 9.59 Å². The normalized spacial score (nSPS) is 16.3. The number of fused-ring (bicyclic) bond motifs is 1. The van der Waals surface area contributed by atoms with E-state index in [4.69, 9.17) is 16.3 Å². The number of nitrogens with zero attached hydrogens (tertiary/aromatic N) is 1. The van der Waals surface area contributed by atoms with Crippen LogP contribution in [0.3, 0.4) is 0 Å². The first-order valence-corrected chi connectivity index (χ1v) is 10.2. The van der Waals surface area contributed by atoms with E-state index in [-0.39, 0.29) is 24.1 Å². The van der Waals surface area contributed by atoms with Crippen LogP contribution in [0.5, 0.6) is 0 Å². The number of aryl methyl sites for hydroxylation is 1. The summed E-state index contributed by atoms with van der Waals surface area (Å²) in [5.74, 6) is -0.138. The fraction of sp³-hybridized carbons (Fsp3) is 0.304. The number of H-pyrrole nitrogens is 1. The SMILES string of the molecule is Cc1ccc2[nH]c(=O)c(CN(C[C@@H]3CCCO3)C(=O)c3ccc(Cl)cc3)cc2c1. The van der Waals surface area contributed by atoms with Crippen molar-refractivity contribution in [2.75, 3.05) is 13.2 Å². The van der Waals surface area contributed by atoms with E-state index < -0.39 is 0 Å². The number of aromatic nitrogens is 1. The number of carbonyl (C=O) groups excluding carboxylic acids is 1. The van der Waals surface area contributed by atoms with E-state index in [0.717, 1.165) is 29.3 Å². The molecule has 0 bridgehead atoms. The fourth-order valence-electron chi connectivity index (χ4n) is 3.72. The molecule has 1 aliphatic rings. The zero-order valence-corrected chi connectivity index (χ0v) is 17.0. The van der Waals surface area contributed by atoms with Crippen molar-refractivity contribution in [3.63, 3.8) is 0 Å². The van der Waals surface area contributed by atoms with Crippen LogP contribution in [0.25, 0.3) is 10.9 Å². The molecule has 0 spiro atoms. The lowest BCUT2D eigenvalue weighted by atomic mass is 10.1. The number of pyridine rings is 1. The predicted octanol–water partition coefficient (Wildman–Crippen LogP) is 4.31. The summed E-state index contributed by atoms with van der Waals surface area (Å²) in [5, 5.41) is 1.53. The van der Waals surface area contributed by atoms with Crippen molar-refractivity contribution in [2.24, 2.45) is 0 Å². The van der Waals surface area contributed by atoms with Crippen LogP contribution < -0.4 is 5.56 Å². The molecule has 0 radical (unpaired) electrons. The molecule has 2 heterocycles. The summed E-state index contributed by atoms with van der Waals surface area (Å²) < 4.78 is 5.74. The number of hydrogen-bond donors (Lipinski definition) is 1. The van der Waals surface area contributed by atoms with Crippen molar-refractivity contribution in [1.82, 2.24) is 9.88 Å². The number of carbonyl (C=O) groups is 1. The molecule has 0 saturated carbocycles. The number of halogens is 1. The number of ether oxygens (including phenoxy) is 1. The summed E-state index contributed by atoms with van der Waals surface area (Å²) >= 11 is 5.96. The molecule has 3 aromatic rings. The fourth-order valence-corrected chi connectivity index (χ4v) is 3.85. The highest BCUT2D eigenvalue weighted by molar-refractivity contribution is 6.30. The quantitative estimate of drug-likeness (QED) is 0.681. The van der Waals surface area contributed by atoms with Gasteiger partial charge in [-0.05, 0) is 67.6 Å². The Morgan fingerprint density at radius 1 is 1.21 bits per heavy atom. The second kappa shape index (κ2) is 8.39. The monoisotopic (exact) mass is 410 g/mol. The van der Waals surface area contributed by atoms with Crippen LogP contribution in [0.2, 0.25) is 5.02 Å². The van der Waals surface area contributed by atoms with Gasteiger partial charge >= 0.3 is 0 Å². The lowest BCUT2D eigenvalue weighted by molar-refractivity contribution is 0.0506. The van der Waals surface area contributed by atoms with Crippen molar-refractivity contribution in [2.45, 2.75) is 32.4 Å². The van der Waals surface area contributed by atoms with Gasteiger partial charge < -0.3 is 14.6 Å². The Kier molecular flexibility index (Phi) is 5.69. The molecule has 1 aliphatic heterocycles. The molecule has 1 fully saturated rings. The minimum Gasteiger partial charge on any atom is -0.376 e. The third kappa shape index (κ3) is 4.52.